The summed E-state index contributed by atoms with van der Waals surface area (Å²) in [6, 6.07) is 5.47. The maximum atomic E-state index is 6.22. The summed E-state index contributed by atoms with van der Waals surface area (Å²) in [6.45, 7) is 5.06. The molecule has 6 heteroatoms. The van der Waals surface area contributed by atoms with Crippen molar-refractivity contribution in [2.45, 2.75) is 104 Å². The largest absolute Gasteiger partial charge is 0.437 e. The first-order chi connectivity index (χ1) is 16.1. The standard InChI is InChI=1S/C27H43ClN4O/c1-3-4-5-6-7-8-9-10-11-12-13-14-15-16-19-30-26-25(29)27(32-21-31-26)33-23-17-18-24(28)22(2)20-23/h17-18,20-21H,3-16,19,29H2,1-2H3,(H,30,31,32). The normalized spacial score (nSPS) is 11.0. The number of aromatic nitrogens is 2. The molecule has 1 aromatic carbocycles. The van der Waals surface area contributed by atoms with E-state index in [-0.39, 0.29) is 0 Å². The summed E-state index contributed by atoms with van der Waals surface area (Å²) in [5, 5.41) is 4.03. The topological polar surface area (TPSA) is 73.1 Å². The van der Waals surface area contributed by atoms with E-state index in [1.165, 1.54) is 89.8 Å². The summed E-state index contributed by atoms with van der Waals surface area (Å²) in [7, 11) is 0. The number of nitrogens with one attached hydrogen (secondary N) is 1. The second-order valence-electron chi connectivity index (χ2n) is 8.98. The number of halogens is 1. The number of nitrogens with zero attached hydrogens (tertiary/aromatic N) is 2. The Kier molecular flexibility index (Phi) is 13.7. The van der Waals surface area contributed by atoms with Crippen molar-refractivity contribution >= 4 is 23.1 Å². The molecule has 0 aliphatic rings. The summed E-state index contributed by atoms with van der Waals surface area (Å²) in [6.07, 6.45) is 20.5. The highest BCUT2D eigenvalue weighted by Gasteiger charge is 2.10. The lowest BCUT2D eigenvalue weighted by Crippen LogP contribution is -2.08. The lowest BCUT2D eigenvalue weighted by atomic mass is 10.0. The van der Waals surface area contributed by atoms with Crippen LogP contribution >= 0.6 is 11.6 Å². The summed E-state index contributed by atoms with van der Waals surface area (Å²) in [4.78, 5) is 8.44. The van der Waals surface area contributed by atoms with Gasteiger partial charge in [0.15, 0.2) is 5.82 Å². The van der Waals surface area contributed by atoms with Gasteiger partial charge in [-0.25, -0.2) is 4.98 Å². The fourth-order valence-electron chi connectivity index (χ4n) is 3.92. The summed E-state index contributed by atoms with van der Waals surface area (Å²) in [5.74, 6) is 1.63. The van der Waals surface area contributed by atoms with Gasteiger partial charge in [-0.15, -0.1) is 0 Å². The molecular weight excluding hydrogens is 432 g/mol. The van der Waals surface area contributed by atoms with E-state index in [0.717, 1.165) is 18.5 Å². The summed E-state index contributed by atoms with van der Waals surface area (Å²) >= 11 is 6.08. The molecule has 1 aromatic heterocycles. The molecule has 0 radical (unpaired) electrons. The number of nitrogens with two attached hydrogens (primary N) is 1. The van der Waals surface area contributed by atoms with Crippen LogP contribution in [0.2, 0.25) is 5.02 Å². The first-order valence-corrected chi connectivity index (χ1v) is 13.3. The zero-order chi connectivity index (χ0) is 23.7. The summed E-state index contributed by atoms with van der Waals surface area (Å²) in [5.41, 5.74) is 7.59. The molecule has 184 valence electrons. The molecule has 2 aromatic rings. The first-order valence-electron chi connectivity index (χ1n) is 12.9. The number of nitrogen functional groups attached to an aromatic ring is 1. The molecule has 3 N–H and O–H groups in total. The maximum absolute atomic E-state index is 6.22. The van der Waals surface area contributed by atoms with Crippen molar-refractivity contribution in [2.75, 3.05) is 17.6 Å². The smallest absolute Gasteiger partial charge is 0.248 e. The van der Waals surface area contributed by atoms with Crippen molar-refractivity contribution in [3.05, 3.63) is 35.1 Å². The average molecular weight is 475 g/mol. The van der Waals surface area contributed by atoms with Gasteiger partial charge in [0.25, 0.3) is 0 Å². The van der Waals surface area contributed by atoms with Crippen LogP contribution in [-0.4, -0.2) is 16.5 Å². The maximum Gasteiger partial charge on any atom is 0.248 e. The molecule has 0 spiro atoms. The second-order valence-corrected chi connectivity index (χ2v) is 9.38. The number of hydrogen-bond acceptors (Lipinski definition) is 5. The molecule has 0 saturated carbocycles. The molecule has 0 atom stereocenters. The lowest BCUT2D eigenvalue weighted by molar-refractivity contribution is 0.464. The number of rotatable bonds is 18. The van der Waals surface area contributed by atoms with Gasteiger partial charge >= 0.3 is 0 Å². The van der Waals surface area contributed by atoms with Crippen LogP contribution in [0.25, 0.3) is 0 Å². The Labute approximate surface area is 205 Å². The fraction of sp³-hybridized carbons (Fsp3) is 0.630. The van der Waals surface area contributed by atoms with Crippen LogP contribution in [0.1, 0.15) is 102 Å². The molecule has 2 rings (SSSR count). The molecule has 0 bridgehead atoms. The number of benzene rings is 1. The Hall–Kier alpha value is -2.01. The molecular formula is C27H43ClN4O. The van der Waals surface area contributed by atoms with E-state index in [2.05, 4.69) is 22.2 Å². The number of unbranched alkanes of at least 4 members (excludes halogenated alkanes) is 13. The monoisotopic (exact) mass is 474 g/mol. The van der Waals surface area contributed by atoms with E-state index in [4.69, 9.17) is 22.1 Å². The van der Waals surface area contributed by atoms with Gasteiger partial charge in [0.05, 0.1) is 0 Å². The van der Waals surface area contributed by atoms with Gasteiger partial charge < -0.3 is 15.8 Å². The van der Waals surface area contributed by atoms with Crippen LogP contribution in [-0.2, 0) is 0 Å². The molecule has 0 unspecified atom stereocenters. The van der Waals surface area contributed by atoms with Crippen LogP contribution in [0, 0.1) is 6.92 Å². The minimum absolute atomic E-state index is 0.357. The van der Waals surface area contributed by atoms with Crippen molar-refractivity contribution in [3.8, 4) is 11.6 Å². The fourth-order valence-corrected chi connectivity index (χ4v) is 4.04. The van der Waals surface area contributed by atoms with E-state index in [1.807, 2.05) is 13.0 Å². The van der Waals surface area contributed by atoms with Crippen molar-refractivity contribution in [1.82, 2.24) is 9.97 Å². The number of anilines is 2. The van der Waals surface area contributed by atoms with Crippen molar-refractivity contribution < 1.29 is 4.74 Å². The van der Waals surface area contributed by atoms with Gasteiger partial charge in [0, 0.05) is 11.6 Å². The van der Waals surface area contributed by atoms with Gasteiger partial charge in [-0.3, -0.25) is 0 Å². The van der Waals surface area contributed by atoms with Crippen LogP contribution in [0.3, 0.4) is 0 Å². The Morgan fingerprint density at radius 2 is 1.42 bits per heavy atom. The number of hydrogen-bond donors (Lipinski definition) is 2. The van der Waals surface area contributed by atoms with Crippen LogP contribution in [0.4, 0.5) is 11.5 Å². The predicted molar refractivity (Wildman–Crippen MR) is 142 cm³/mol. The first kappa shape index (κ1) is 27.2. The Bertz CT molecular complexity index is 800. The zero-order valence-corrected chi connectivity index (χ0v) is 21.4. The predicted octanol–water partition coefficient (Wildman–Crippen LogP) is 8.71. The van der Waals surface area contributed by atoms with Crippen LogP contribution < -0.4 is 15.8 Å². The van der Waals surface area contributed by atoms with E-state index < -0.39 is 0 Å². The SMILES string of the molecule is CCCCCCCCCCCCCCCCNc1ncnc(Oc2ccc(Cl)c(C)c2)c1N. The Morgan fingerprint density at radius 3 is 2.00 bits per heavy atom. The highest BCUT2D eigenvalue weighted by Crippen LogP contribution is 2.31. The van der Waals surface area contributed by atoms with Gasteiger partial charge in [-0.05, 0) is 37.1 Å². The minimum Gasteiger partial charge on any atom is -0.437 e. The third-order valence-electron chi connectivity index (χ3n) is 6.01. The number of aryl methyl sites for hydroxylation is 1. The van der Waals surface area contributed by atoms with Crippen LogP contribution in [0.15, 0.2) is 24.5 Å². The van der Waals surface area contributed by atoms with Crippen LogP contribution in [0.5, 0.6) is 11.6 Å². The van der Waals surface area contributed by atoms with Crippen molar-refractivity contribution in [3.63, 3.8) is 0 Å². The molecule has 0 aliphatic carbocycles. The van der Waals surface area contributed by atoms with E-state index in [9.17, 15) is 0 Å². The third-order valence-corrected chi connectivity index (χ3v) is 6.44. The van der Waals surface area contributed by atoms with Gasteiger partial charge in [-0.1, -0.05) is 102 Å². The molecule has 5 nitrogen and oxygen atoms in total. The van der Waals surface area contributed by atoms with E-state index in [0.29, 0.717) is 28.2 Å². The van der Waals surface area contributed by atoms with Gasteiger partial charge in [0.2, 0.25) is 5.88 Å². The number of ether oxygens (including phenoxy) is 1. The van der Waals surface area contributed by atoms with Gasteiger partial charge in [0.1, 0.15) is 17.8 Å². The Balaban J connectivity index is 1.53. The molecule has 0 aliphatic heterocycles. The molecule has 0 amide bonds. The van der Waals surface area contributed by atoms with Crippen molar-refractivity contribution in [2.24, 2.45) is 0 Å². The summed E-state index contributed by atoms with van der Waals surface area (Å²) < 4.78 is 5.84. The highest BCUT2D eigenvalue weighted by atomic mass is 35.5. The van der Waals surface area contributed by atoms with E-state index >= 15 is 0 Å². The lowest BCUT2D eigenvalue weighted by Gasteiger charge is -2.12. The minimum atomic E-state index is 0.357. The highest BCUT2D eigenvalue weighted by molar-refractivity contribution is 6.31. The van der Waals surface area contributed by atoms with Crippen molar-refractivity contribution in [1.29, 1.82) is 0 Å². The molecule has 0 fully saturated rings. The van der Waals surface area contributed by atoms with Gasteiger partial charge in [-0.2, -0.15) is 4.98 Å². The third kappa shape index (κ3) is 11.1. The molecule has 0 saturated heterocycles. The molecule has 1 heterocycles. The second kappa shape index (κ2) is 16.6. The Morgan fingerprint density at radius 1 is 0.848 bits per heavy atom. The quantitative estimate of drug-likeness (QED) is 0.211. The molecule has 33 heavy (non-hydrogen) atoms. The average Bonchev–Trinajstić information content (AvgIpc) is 2.81. The zero-order valence-electron chi connectivity index (χ0n) is 20.7. The van der Waals surface area contributed by atoms with E-state index in [1.54, 1.807) is 12.1 Å².